The van der Waals surface area contributed by atoms with E-state index in [0.29, 0.717) is 24.7 Å². The number of anilines is 1. The lowest BCUT2D eigenvalue weighted by Gasteiger charge is -2.09. The SMILES string of the molecule is O=C(CSc1ccc2c(c1)OCCCO2)Nc1ccc(F)cc1. The third-order valence-corrected chi connectivity index (χ3v) is 4.21. The van der Waals surface area contributed by atoms with Gasteiger partial charge in [0.25, 0.3) is 0 Å². The maximum atomic E-state index is 12.8. The number of nitrogens with one attached hydrogen (secondary N) is 1. The molecule has 0 atom stereocenters. The van der Waals surface area contributed by atoms with Crippen molar-refractivity contribution in [1.82, 2.24) is 0 Å². The fourth-order valence-electron chi connectivity index (χ4n) is 2.11. The summed E-state index contributed by atoms with van der Waals surface area (Å²) < 4.78 is 24.0. The minimum Gasteiger partial charge on any atom is -0.490 e. The van der Waals surface area contributed by atoms with E-state index >= 15 is 0 Å². The van der Waals surface area contributed by atoms with Gasteiger partial charge in [-0.05, 0) is 42.5 Å². The highest BCUT2D eigenvalue weighted by Gasteiger charge is 2.11. The standard InChI is InChI=1S/C17H16FNO3S/c18-12-2-4-13(5-3-12)19-17(20)11-23-14-6-7-15-16(10-14)22-9-1-8-21-15/h2-7,10H,1,8-9,11H2,(H,19,20). The topological polar surface area (TPSA) is 47.6 Å². The monoisotopic (exact) mass is 333 g/mol. The number of hydrogen-bond acceptors (Lipinski definition) is 4. The molecule has 0 spiro atoms. The smallest absolute Gasteiger partial charge is 0.234 e. The molecule has 1 heterocycles. The molecule has 0 radical (unpaired) electrons. The van der Waals surface area contributed by atoms with Crippen LogP contribution in [0.15, 0.2) is 47.4 Å². The molecule has 0 aromatic heterocycles. The molecule has 1 amide bonds. The van der Waals surface area contributed by atoms with Gasteiger partial charge in [0.2, 0.25) is 5.91 Å². The van der Waals surface area contributed by atoms with Crippen molar-refractivity contribution in [3.05, 3.63) is 48.3 Å². The normalized spacial score (nSPS) is 13.3. The molecule has 120 valence electrons. The molecule has 0 saturated carbocycles. The Balaban J connectivity index is 1.56. The van der Waals surface area contributed by atoms with E-state index in [4.69, 9.17) is 9.47 Å². The van der Waals surface area contributed by atoms with Gasteiger partial charge in [0.15, 0.2) is 11.5 Å². The Labute approximate surface area is 138 Å². The van der Waals surface area contributed by atoms with Gasteiger partial charge in [-0.15, -0.1) is 11.8 Å². The van der Waals surface area contributed by atoms with Crippen molar-refractivity contribution in [1.29, 1.82) is 0 Å². The number of carbonyl (C=O) groups is 1. The first-order valence-electron chi connectivity index (χ1n) is 7.28. The van der Waals surface area contributed by atoms with Crippen LogP contribution in [0.1, 0.15) is 6.42 Å². The van der Waals surface area contributed by atoms with E-state index in [0.717, 1.165) is 17.1 Å². The fraction of sp³-hybridized carbons (Fsp3) is 0.235. The molecule has 23 heavy (non-hydrogen) atoms. The van der Waals surface area contributed by atoms with Crippen LogP contribution in [0.25, 0.3) is 0 Å². The van der Waals surface area contributed by atoms with Crippen molar-refractivity contribution in [3.63, 3.8) is 0 Å². The zero-order chi connectivity index (χ0) is 16.1. The number of halogens is 1. The lowest BCUT2D eigenvalue weighted by Crippen LogP contribution is -2.13. The van der Waals surface area contributed by atoms with Crippen molar-refractivity contribution >= 4 is 23.4 Å². The van der Waals surface area contributed by atoms with Crippen LogP contribution in [0, 0.1) is 5.82 Å². The number of hydrogen-bond donors (Lipinski definition) is 1. The van der Waals surface area contributed by atoms with Gasteiger partial charge >= 0.3 is 0 Å². The Morgan fingerprint density at radius 2 is 1.83 bits per heavy atom. The van der Waals surface area contributed by atoms with Crippen molar-refractivity contribution < 1.29 is 18.7 Å². The van der Waals surface area contributed by atoms with E-state index in [2.05, 4.69) is 5.32 Å². The van der Waals surface area contributed by atoms with Gasteiger partial charge in [-0.2, -0.15) is 0 Å². The molecular formula is C17H16FNO3S. The molecule has 0 fully saturated rings. The molecule has 6 heteroatoms. The summed E-state index contributed by atoms with van der Waals surface area (Å²) in [4.78, 5) is 12.9. The second-order valence-electron chi connectivity index (χ2n) is 5.00. The maximum absolute atomic E-state index is 12.8. The Morgan fingerprint density at radius 1 is 1.09 bits per heavy atom. The van der Waals surface area contributed by atoms with Crippen LogP contribution in [-0.2, 0) is 4.79 Å². The van der Waals surface area contributed by atoms with Crippen LogP contribution < -0.4 is 14.8 Å². The van der Waals surface area contributed by atoms with Gasteiger partial charge in [0.05, 0.1) is 19.0 Å². The van der Waals surface area contributed by atoms with Crippen LogP contribution >= 0.6 is 11.8 Å². The Hall–Kier alpha value is -2.21. The summed E-state index contributed by atoms with van der Waals surface area (Å²) in [5, 5.41) is 2.73. The number of fused-ring (bicyclic) bond motifs is 1. The highest BCUT2D eigenvalue weighted by molar-refractivity contribution is 8.00. The first-order chi connectivity index (χ1) is 11.2. The minimum atomic E-state index is -0.329. The third kappa shape index (κ3) is 4.39. The van der Waals surface area contributed by atoms with Gasteiger partial charge in [-0.1, -0.05) is 0 Å². The number of ether oxygens (including phenoxy) is 2. The summed E-state index contributed by atoms with van der Waals surface area (Å²) in [6.07, 6.45) is 0.858. The molecule has 0 saturated heterocycles. The maximum Gasteiger partial charge on any atom is 0.234 e. The number of benzene rings is 2. The molecule has 0 aliphatic carbocycles. The van der Waals surface area contributed by atoms with Crippen molar-refractivity contribution in [2.24, 2.45) is 0 Å². The zero-order valence-electron chi connectivity index (χ0n) is 12.4. The molecule has 2 aromatic rings. The van der Waals surface area contributed by atoms with Crippen LogP contribution in [0.4, 0.5) is 10.1 Å². The van der Waals surface area contributed by atoms with Gasteiger partial charge in [-0.25, -0.2) is 4.39 Å². The van der Waals surface area contributed by atoms with E-state index in [-0.39, 0.29) is 17.5 Å². The lowest BCUT2D eigenvalue weighted by molar-refractivity contribution is -0.113. The number of amides is 1. The quantitative estimate of drug-likeness (QED) is 0.867. The predicted octanol–water partition coefficient (Wildman–Crippen LogP) is 3.72. The minimum absolute atomic E-state index is 0.145. The molecule has 4 nitrogen and oxygen atoms in total. The average Bonchev–Trinajstić information content (AvgIpc) is 2.80. The van der Waals surface area contributed by atoms with Crippen molar-refractivity contribution in [2.45, 2.75) is 11.3 Å². The summed E-state index contributed by atoms with van der Waals surface area (Å²) in [5.41, 5.74) is 0.579. The zero-order valence-corrected chi connectivity index (χ0v) is 13.2. The molecule has 0 unspecified atom stereocenters. The summed E-state index contributed by atoms with van der Waals surface area (Å²) in [6, 6.07) is 11.3. The predicted molar refractivity (Wildman–Crippen MR) is 87.8 cm³/mol. The molecule has 0 bridgehead atoms. The Morgan fingerprint density at radius 3 is 2.61 bits per heavy atom. The van der Waals surface area contributed by atoms with Gasteiger partial charge < -0.3 is 14.8 Å². The first-order valence-corrected chi connectivity index (χ1v) is 8.27. The molecule has 1 aliphatic rings. The van der Waals surface area contributed by atoms with Crippen LogP contribution in [0.3, 0.4) is 0 Å². The molecule has 2 aromatic carbocycles. The highest BCUT2D eigenvalue weighted by Crippen LogP contribution is 2.33. The van der Waals surface area contributed by atoms with E-state index in [9.17, 15) is 9.18 Å². The van der Waals surface area contributed by atoms with E-state index in [1.54, 1.807) is 0 Å². The largest absolute Gasteiger partial charge is 0.490 e. The summed E-state index contributed by atoms with van der Waals surface area (Å²) >= 11 is 1.41. The van der Waals surface area contributed by atoms with Crippen LogP contribution in [0.2, 0.25) is 0 Å². The Kier molecular flexibility index (Phi) is 5.02. The third-order valence-electron chi connectivity index (χ3n) is 3.22. The van der Waals surface area contributed by atoms with E-state index < -0.39 is 0 Å². The number of carbonyl (C=O) groups excluding carboxylic acids is 1. The van der Waals surface area contributed by atoms with E-state index in [1.807, 2.05) is 18.2 Å². The second kappa shape index (κ2) is 7.37. The van der Waals surface area contributed by atoms with Crippen LogP contribution in [0.5, 0.6) is 11.5 Å². The van der Waals surface area contributed by atoms with Crippen molar-refractivity contribution in [3.8, 4) is 11.5 Å². The molecule has 1 N–H and O–H groups in total. The fourth-order valence-corrected chi connectivity index (χ4v) is 2.84. The van der Waals surface area contributed by atoms with Crippen molar-refractivity contribution in [2.75, 3.05) is 24.3 Å². The van der Waals surface area contributed by atoms with Gasteiger partial charge in [0, 0.05) is 17.0 Å². The van der Waals surface area contributed by atoms with Gasteiger partial charge in [0.1, 0.15) is 5.82 Å². The van der Waals surface area contributed by atoms with Crippen LogP contribution in [-0.4, -0.2) is 24.9 Å². The first kappa shape index (κ1) is 15.7. The summed E-state index contributed by atoms with van der Waals surface area (Å²) in [7, 11) is 0. The molecule has 1 aliphatic heterocycles. The Bertz CT molecular complexity index is 691. The highest BCUT2D eigenvalue weighted by atomic mass is 32.2. The average molecular weight is 333 g/mol. The summed E-state index contributed by atoms with van der Waals surface area (Å²) in [6.45, 7) is 1.28. The lowest BCUT2D eigenvalue weighted by atomic mass is 10.3. The molecular weight excluding hydrogens is 317 g/mol. The number of thioether (sulfide) groups is 1. The van der Waals surface area contributed by atoms with Gasteiger partial charge in [-0.3, -0.25) is 4.79 Å². The molecule has 3 rings (SSSR count). The van der Waals surface area contributed by atoms with E-state index in [1.165, 1.54) is 36.0 Å². The second-order valence-corrected chi connectivity index (χ2v) is 6.05. The summed E-state index contributed by atoms with van der Waals surface area (Å²) in [5.74, 6) is 1.24. The number of rotatable bonds is 4.